The molecule has 3 rings (SSSR count). The Labute approximate surface area is 105 Å². The molecule has 1 aliphatic heterocycles. The van der Waals surface area contributed by atoms with Crippen molar-refractivity contribution in [1.82, 2.24) is 4.98 Å². The van der Waals surface area contributed by atoms with Gasteiger partial charge in [-0.2, -0.15) is 0 Å². The lowest BCUT2D eigenvalue weighted by Crippen LogP contribution is -2.15. The number of anilines is 1. The average Bonchev–Trinajstić information content (AvgIpc) is 2.38. The Balaban J connectivity index is 2.29. The zero-order chi connectivity index (χ0) is 12.5. The molecule has 2 heterocycles. The molecule has 0 unspecified atom stereocenters. The van der Waals surface area contributed by atoms with Crippen molar-refractivity contribution in [3.05, 3.63) is 35.3 Å². The Morgan fingerprint density at radius 2 is 2.33 bits per heavy atom. The van der Waals surface area contributed by atoms with Crippen LogP contribution in [0.15, 0.2) is 18.2 Å². The number of halogens is 1. The summed E-state index contributed by atoms with van der Waals surface area (Å²) in [6.07, 6.45) is 0.792. The number of benzene rings is 1. The minimum atomic E-state index is -0.246. The van der Waals surface area contributed by atoms with E-state index in [0.717, 1.165) is 35.3 Å². The first-order valence-electron chi connectivity index (χ1n) is 6.22. The molecule has 0 saturated carbocycles. The van der Waals surface area contributed by atoms with Crippen LogP contribution in [0.1, 0.15) is 18.2 Å². The number of hydrogen-bond acceptors (Lipinski definition) is 3. The highest BCUT2D eigenvalue weighted by molar-refractivity contribution is 5.93. The summed E-state index contributed by atoms with van der Waals surface area (Å²) >= 11 is 0. The monoisotopic (exact) mass is 246 g/mol. The van der Waals surface area contributed by atoms with Gasteiger partial charge in [-0.15, -0.1) is 0 Å². The second kappa shape index (κ2) is 4.53. The topological polar surface area (TPSA) is 34.2 Å². The van der Waals surface area contributed by atoms with Crippen LogP contribution < -0.4 is 5.32 Å². The van der Waals surface area contributed by atoms with Crippen molar-refractivity contribution in [3.63, 3.8) is 0 Å². The molecule has 0 bridgehead atoms. The summed E-state index contributed by atoms with van der Waals surface area (Å²) in [6.45, 7) is 4.14. The predicted molar refractivity (Wildman–Crippen MR) is 69.2 cm³/mol. The van der Waals surface area contributed by atoms with Gasteiger partial charge in [0.05, 0.1) is 30.1 Å². The van der Waals surface area contributed by atoms with Gasteiger partial charge in [0.25, 0.3) is 0 Å². The molecule has 1 aromatic carbocycles. The average molecular weight is 246 g/mol. The third-order valence-corrected chi connectivity index (χ3v) is 3.22. The normalized spacial score (nSPS) is 14.6. The minimum Gasteiger partial charge on any atom is -0.384 e. The van der Waals surface area contributed by atoms with Gasteiger partial charge >= 0.3 is 0 Å². The lowest BCUT2D eigenvalue weighted by atomic mass is 10.0. The fourth-order valence-electron chi connectivity index (χ4n) is 2.41. The van der Waals surface area contributed by atoms with E-state index in [9.17, 15) is 4.39 Å². The third kappa shape index (κ3) is 1.82. The first-order valence-corrected chi connectivity index (χ1v) is 6.22. The maximum Gasteiger partial charge on any atom is 0.125 e. The molecule has 1 N–H and O–H groups in total. The van der Waals surface area contributed by atoms with Crippen LogP contribution in [0.25, 0.3) is 10.9 Å². The Hall–Kier alpha value is -1.68. The number of rotatable bonds is 2. The van der Waals surface area contributed by atoms with Gasteiger partial charge in [-0.25, -0.2) is 4.39 Å². The molecule has 0 aliphatic carbocycles. The van der Waals surface area contributed by atoms with E-state index in [1.165, 1.54) is 12.1 Å². The zero-order valence-electron chi connectivity index (χ0n) is 10.3. The summed E-state index contributed by atoms with van der Waals surface area (Å²) in [5, 5.41) is 4.32. The number of fused-ring (bicyclic) bond motifs is 2. The SMILES string of the molecule is CCNc1c2c(nc3cc(F)ccc13)CCOC2. The molecule has 0 amide bonds. The molecular weight excluding hydrogens is 231 g/mol. The summed E-state index contributed by atoms with van der Waals surface area (Å²) in [7, 11) is 0. The highest BCUT2D eigenvalue weighted by atomic mass is 19.1. The Bertz CT molecular complexity index is 598. The van der Waals surface area contributed by atoms with Crippen LogP contribution in [-0.2, 0) is 17.8 Å². The van der Waals surface area contributed by atoms with Crippen LogP contribution in [0.3, 0.4) is 0 Å². The number of nitrogens with one attached hydrogen (secondary N) is 1. The van der Waals surface area contributed by atoms with Crippen molar-refractivity contribution in [2.75, 3.05) is 18.5 Å². The lowest BCUT2D eigenvalue weighted by Gasteiger charge is -2.21. The maximum atomic E-state index is 13.3. The number of nitrogens with zero attached hydrogens (tertiary/aromatic N) is 1. The van der Waals surface area contributed by atoms with Crippen LogP contribution in [0, 0.1) is 5.82 Å². The second-order valence-corrected chi connectivity index (χ2v) is 4.41. The first kappa shape index (κ1) is 11.4. The Kier molecular flexibility index (Phi) is 2.88. The van der Waals surface area contributed by atoms with Crippen LogP contribution in [0.5, 0.6) is 0 Å². The first-order chi connectivity index (χ1) is 8.79. The molecule has 0 atom stereocenters. The van der Waals surface area contributed by atoms with E-state index in [0.29, 0.717) is 18.7 Å². The molecule has 94 valence electrons. The van der Waals surface area contributed by atoms with Crippen LogP contribution in [-0.4, -0.2) is 18.1 Å². The van der Waals surface area contributed by atoms with Crippen molar-refractivity contribution in [2.24, 2.45) is 0 Å². The Morgan fingerprint density at radius 1 is 1.44 bits per heavy atom. The van der Waals surface area contributed by atoms with Crippen LogP contribution in [0.4, 0.5) is 10.1 Å². The van der Waals surface area contributed by atoms with Crippen molar-refractivity contribution in [3.8, 4) is 0 Å². The van der Waals surface area contributed by atoms with Gasteiger partial charge in [0, 0.05) is 30.0 Å². The number of pyridine rings is 1. The van der Waals surface area contributed by atoms with E-state index in [4.69, 9.17) is 4.74 Å². The summed E-state index contributed by atoms with van der Waals surface area (Å²) in [4.78, 5) is 4.56. The van der Waals surface area contributed by atoms with Crippen LogP contribution >= 0.6 is 0 Å². The van der Waals surface area contributed by atoms with Gasteiger partial charge in [0.1, 0.15) is 5.82 Å². The molecule has 0 radical (unpaired) electrons. The quantitative estimate of drug-likeness (QED) is 0.884. The van der Waals surface area contributed by atoms with Gasteiger partial charge in [-0.1, -0.05) is 0 Å². The number of aromatic nitrogens is 1. The van der Waals surface area contributed by atoms with E-state index in [2.05, 4.69) is 10.3 Å². The van der Waals surface area contributed by atoms with Gasteiger partial charge in [0.2, 0.25) is 0 Å². The lowest BCUT2D eigenvalue weighted by molar-refractivity contribution is 0.110. The fraction of sp³-hybridized carbons (Fsp3) is 0.357. The highest BCUT2D eigenvalue weighted by Gasteiger charge is 2.18. The van der Waals surface area contributed by atoms with E-state index in [-0.39, 0.29) is 5.82 Å². The molecule has 4 heteroatoms. The van der Waals surface area contributed by atoms with Crippen molar-refractivity contribution in [2.45, 2.75) is 20.0 Å². The van der Waals surface area contributed by atoms with Gasteiger partial charge in [0.15, 0.2) is 0 Å². The molecule has 1 aliphatic rings. The van der Waals surface area contributed by atoms with E-state index >= 15 is 0 Å². The van der Waals surface area contributed by atoms with E-state index < -0.39 is 0 Å². The second-order valence-electron chi connectivity index (χ2n) is 4.41. The van der Waals surface area contributed by atoms with Gasteiger partial charge in [-0.05, 0) is 19.1 Å². The molecule has 2 aromatic rings. The largest absolute Gasteiger partial charge is 0.384 e. The summed E-state index contributed by atoms with van der Waals surface area (Å²) in [5.41, 5.74) is 3.89. The smallest absolute Gasteiger partial charge is 0.125 e. The van der Waals surface area contributed by atoms with E-state index in [1.807, 2.05) is 6.92 Å². The minimum absolute atomic E-state index is 0.246. The molecule has 3 nitrogen and oxygen atoms in total. The van der Waals surface area contributed by atoms with E-state index in [1.54, 1.807) is 6.07 Å². The molecule has 0 fully saturated rings. The maximum absolute atomic E-state index is 13.3. The van der Waals surface area contributed by atoms with Crippen molar-refractivity contribution in [1.29, 1.82) is 0 Å². The standard InChI is InChI=1S/C14H15FN2O/c1-2-16-14-10-4-3-9(15)7-13(10)17-12-5-6-18-8-11(12)14/h3-4,7H,2,5-6,8H2,1H3,(H,16,17). The zero-order valence-corrected chi connectivity index (χ0v) is 10.3. The Morgan fingerprint density at radius 3 is 3.17 bits per heavy atom. The molecule has 0 spiro atoms. The predicted octanol–water partition coefficient (Wildman–Crippen LogP) is 2.88. The van der Waals surface area contributed by atoms with Crippen molar-refractivity contribution < 1.29 is 9.13 Å². The summed E-state index contributed by atoms with van der Waals surface area (Å²) in [6, 6.07) is 4.75. The highest BCUT2D eigenvalue weighted by Crippen LogP contribution is 2.31. The summed E-state index contributed by atoms with van der Waals surface area (Å²) in [5.74, 6) is -0.246. The molecule has 1 aromatic heterocycles. The van der Waals surface area contributed by atoms with Crippen molar-refractivity contribution >= 4 is 16.6 Å². The van der Waals surface area contributed by atoms with Gasteiger partial charge in [-0.3, -0.25) is 4.98 Å². The fourth-order valence-corrected chi connectivity index (χ4v) is 2.41. The molecule has 18 heavy (non-hydrogen) atoms. The molecular formula is C14H15FN2O. The van der Waals surface area contributed by atoms with Gasteiger partial charge < -0.3 is 10.1 Å². The number of ether oxygens (including phenoxy) is 1. The van der Waals surface area contributed by atoms with Crippen LogP contribution in [0.2, 0.25) is 0 Å². The number of hydrogen-bond donors (Lipinski definition) is 1. The summed E-state index contributed by atoms with van der Waals surface area (Å²) < 4.78 is 18.8. The third-order valence-electron chi connectivity index (χ3n) is 3.22. The molecule has 0 saturated heterocycles.